The van der Waals surface area contributed by atoms with Crippen LogP contribution in [0.25, 0.3) is 72.6 Å². The standard InChI is InChI=1S/C48H49N5O/c1-28(2)36-26-32(30-22-24-31(25-23-30)43-50-45(47(5,6)7)52-46(51-43)48(8,9)10)27-37(29(3)4)41(36)53-39-20-13-12-19-38(39)49-44(53)35-18-15-17-34-33-16-11-14-21-40(33)54-42(34)35/h11-29H,1-10H3. The Morgan fingerprint density at radius 1 is 0.556 bits per heavy atom. The Morgan fingerprint density at radius 3 is 1.76 bits per heavy atom. The van der Waals surface area contributed by atoms with E-state index in [1.54, 1.807) is 0 Å². The van der Waals surface area contributed by atoms with E-state index in [4.69, 9.17) is 24.4 Å². The first-order valence-corrected chi connectivity index (χ1v) is 19.1. The van der Waals surface area contributed by atoms with Gasteiger partial charge in [0, 0.05) is 27.2 Å². The second-order valence-corrected chi connectivity index (χ2v) is 17.2. The van der Waals surface area contributed by atoms with Crippen molar-refractivity contribution in [1.29, 1.82) is 0 Å². The molecule has 0 fully saturated rings. The van der Waals surface area contributed by atoms with Crippen LogP contribution in [-0.2, 0) is 10.8 Å². The van der Waals surface area contributed by atoms with Crippen molar-refractivity contribution in [2.45, 2.75) is 91.9 Å². The van der Waals surface area contributed by atoms with Gasteiger partial charge < -0.3 is 4.42 Å². The first-order chi connectivity index (χ1) is 25.7. The van der Waals surface area contributed by atoms with Gasteiger partial charge in [0.2, 0.25) is 0 Å². The van der Waals surface area contributed by atoms with E-state index < -0.39 is 0 Å². The van der Waals surface area contributed by atoms with E-state index in [1.165, 1.54) is 22.4 Å². The lowest BCUT2D eigenvalue weighted by atomic mass is 9.88. The van der Waals surface area contributed by atoms with Crippen LogP contribution in [0.2, 0.25) is 0 Å². The average molecular weight is 712 g/mol. The van der Waals surface area contributed by atoms with Crippen molar-refractivity contribution in [3.05, 3.63) is 126 Å². The van der Waals surface area contributed by atoms with Crippen LogP contribution in [0.1, 0.15) is 104 Å². The molecule has 0 N–H and O–H groups in total. The predicted octanol–water partition coefficient (Wildman–Crippen LogP) is 13.0. The maximum atomic E-state index is 6.58. The second kappa shape index (κ2) is 13.0. The summed E-state index contributed by atoms with van der Waals surface area (Å²) in [5.74, 6) is 3.69. The van der Waals surface area contributed by atoms with Crippen LogP contribution in [0.4, 0.5) is 0 Å². The molecule has 0 bridgehead atoms. The molecule has 0 radical (unpaired) electrons. The molecule has 5 aromatic carbocycles. The van der Waals surface area contributed by atoms with E-state index >= 15 is 0 Å². The molecule has 0 saturated carbocycles. The van der Waals surface area contributed by atoms with Crippen LogP contribution in [0.5, 0.6) is 0 Å². The van der Waals surface area contributed by atoms with Crippen LogP contribution in [0, 0.1) is 0 Å². The molecule has 0 aliphatic carbocycles. The molecule has 3 aromatic heterocycles. The Kier molecular flexibility index (Phi) is 8.56. The third-order valence-electron chi connectivity index (χ3n) is 10.3. The van der Waals surface area contributed by atoms with Gasteiger partial charge in [0.05, 0.1) is 22.3 Å². The number of hydrogen-bond donors (Lipinski definition) is 0. The maximum absolute atomic E-state index is 6.58. The van der Waals surface area contributed by atoms with Gasteiger partial charge in [0.25, 0.3) is 0 Å². The molecule has 0 unspecified atom stereocenters. The number of fused-ring (bicyclic) bond motifs is 4. The fourth-order valence-corrected chi connectivity index (χ4v) is 7.33. The van der Waals surface area contributed by atoms with Crippen molar-refractivity contribution in [2.24, 2.45) is 0 Å². The Hall–Kier alpha value is -5.62. The first-order valence-electron chi connectivity index (χ1n) is 19.1. The van der Waals surface area contributed by atoms with Gasteiger partial charge in [-0.1, -0.05) is 136 Å². The molecule has 54 heavy (non-hydrogen) atoms. The minimum Gasteiger partial charge on any atom is -0.455 e. The quantitative estimate of drug-likeness (QED) is 0.172. The van der Waals surface area contributed by atoms with Gasteiger partial charge in [-0.05, 0) is 70.5 Å². The van der Waals surface area contributed by atoms with Crippen molar-refractivity contribution in [2.75, 3.05) is 0 Å². The summed E-state index contributed by atoms with van der Waals surface area (Å²) in [6.45, 7) is 22.1. The minimum absolute atomic E-state index is 0.196. The summed E-state index contributed by atoms with van der Waals surface area (Å²) in [4.78, 5) is 20.1. The molecule has 0 aliphatic rings. The van der Waals surface area contributed by atoms with E-state index in [9.17, 15) is 0 Å². The number of para-hydroxylation sites is 4. The highest BCUT2D eigenvalue weighted by atomic mass is 16.3. The number of aromatic nitrogens is 5. The van der Waals surface area contributed by atoms with E-state index in [2.05, 4.69) is 165 Å². The first kappa shape index (κ1) is 35.4. The lowest BCUT2D eigenvalue weighted by Crippen LogP contribution is -2.24. The molecule has 0 spiro atoms. The molecule has 0 atom stereocenters. The number of furan rings is 1. The molecule has 272 valence electrons. The molecule has 6 heteroatoms. The smallest absolute Gasteiger partial charge is 0.163 e. The van der Waals surface area contributed by atoms with Crippen molar-refractivity contribution in [3.8, 4) is 39.6 Å². The van der Waals surface area contributed by atoms with Gasteiger partial charge in [0.15, 0.2) is 5.82 Å². The van der Waals surface area contributed by atoms with Gasteiger partial charge >= 0.3 is 0 Å². The van der Waals surface area contributed by atoms with Gasteiger partial charge in [-0.25, -0.2) is 19.9 Å². The highest BCUT2D eigenvalue weighted by molar-refractivity contribution is 6.09. The van der Waals surface area contributed by atoms with Crippen LogP contribution < -0.4 is 0 Å². The molecule has 0 aliphatic heterocycles. The number of nitrogens with zero attached hydrogens (tertiary/aromatic N) is 5. The molecule has 0 amide bonds. The molecule has 6 nitrogen and oxygen atoms in total. The fraction of sp³-hybridized carbons (Fsp3) is 0.292. The lowest BCUT2D eigenvalue weighted by Gasteiger charge is -2.24. The zero-order valence-corrected chi connectivity index (χ0v) is 33.1. The predicted molar refractivity (Wildman–Crippen MR) is 224 cm³/mol. The van der Waals surface area contributed by atoms with E-state index in [-0.39, 0.29) is 22.7 Å². The summed E-state index contributed by atoms with van der Waals surface area (Å²) in [5, 5.41) is 2.20. The number of imidazole rings is 1. The molecule has 3 heterocycles. The Morgan fingerprint density at radius 2 is 1.13 bits per heavy atom. The monoisotopic (exact) mass is 711 g/mol. The zero-order chi connectivity index (χ0) is 38.1. The van der Waals surface area contributed by atoms with E-state index in [0.717, 1.165) is 67.1 Å². The summed E-state index contributed by atoms with van der Waals surface area (Å²) < 4.78 is 8.96. The molecule has 8 rings (SSSR count). The Balaban J connectivity index is 1.31. The van der Waals surface area contributed by atoms with Crippen LogP contribution >= 0.6 is 0 Å². The topological polar surface area (TPSA) is 69.6 Å². The normalized spacial score (nSPS) is 12.6. The van der Waals surface area contributed by atoms with Crippen LogP contribution in [0.3, 0.4) is 0 Å². The summed E-state index contributed by atoms with van der Waals surface area (Å²) >= 11 is 0. The minimum atomic E-state index is -0.196. The molecule has 8 aromatic rings. The number of benzene rings is 5. The van der Waals surface area contributed by atoms with Crippen molar-refractivity contribution in [3.63, 3.8) is 0 Å². The second-order valence-electron chi connectivity index (χ2n) is 17.2. The highest BCUT2D eigenvalue weighted by Crippen LogP contribution is 2.42. The SMILES string of the molecule is CC(C)c1cc(-c2ccc(-c3nc(C(C)(C)C)nc(C(C)(C)C)n3)cc2)cc(C(C)C)c1-n1c(-c2cccc3c2oc2ccccc23)nc2ccccc21. The number of hydrogen-bond acceptors (Lipinski definition) is 5. The Labute approximate surface area is 318 Å². The van der Waals surface area contributed by atoms with Crippen molar-refractivity contribution in [1.82, 2.24) is 24.5 Å². The van der Waals surface area contributed by atoms with Gasteiger partial charge in [-0.3, -0.25) is 4.57 Å². The maximum Gasteiger partial charge on any atom is 0.163 e. The van der Waals surface area contributed by atoms with E-state index in [1.807, 2.05) is 12.1 Å². The van der Waals surface area contributed by atoms with E-state index in [0.29, 0.717) is 5.82 Å². The Bertz CT molecular complexity index is 2620. The van der Waals surface area contributed by atoms with Crippen molar-refractivity contribution >= 4 is 33.0 Å². The van der Waals surface area contributed by atoms with Gasteiger partial charge in [-0.2, -0.15) is 0 Å². The third kappa shape index (κ3) is 6.17. The molecule has 0 saturated heterocycles. The third-order valence-corrected chi connectivity index (χ3v) is 10.3. The zero-order valence-electron chi connectivity index (χ0n) is 33.1. The molecular formula is C48H49N5O. The summed E-state index contributed by atoms with van der Waals surface area (Å²) in [7, 11) is 0. The summed E-state index contributed by atoms with van der Waals surface area (Å²) in [6.07, 6.45) is 0. The van der Waals surface area contributed by atoms with Crippen LogP contribution in [0.15, 0.2) is 108 Å². The lowest BCUT2D eigenvalue weighted by molar-refractivity contribution is 0.497. The van der Waals surface area contributed by atoms with Gasteiger partial charge in [0.1, 0.15) is 28.6 Å². The average Bonchev–Trinajstić information content (AvgIpc) is 3.72. The largest absolute Gasteiger partial charge is 0.455 e. The number of rotatable bonds is 6. The summed E-state index contributed by atoms with van der Waals surface area (Å²) in [5.41, 5.74) is 11.4. The van der Waals surface area contributed by atoms with Crippen LogP contribution in [-0.4, -0.2) is 24.5 Å². The van der Waals surface area contributed by atoms with Gasteiger partial charge in [-0.15, -0.1) is 0 Å². The molecular weight excluding hydrogens is 663 g/mol. The highest BCUT2D eigenvalue weighted by Gasteiger charge is 2.27. The van der Waals surface area contributed by atoms with Crippen molar-refractivity contribution < 1.29 is 4.42 Å². The fourth-order valence-electron chi connectivity index (χ4n) is 7.33. The summed E-state index contributed by atoms with van der Waals surface area (Å²) in [6, 6.07) is 36.6.